The second kappa shape index (κ2) is 5.65. The van der Waals surface area contributed by atoms with E-state index in [0.717, 1.165) is 5.52 Å². The number of aromatic nitrogens is 3. The third kappa shape index (κ3) is 2.16. The molecule has 4 heteroatoms. The van der Waals surface area contributed by atoms with Gasteiger partial charge in [0.25, 0.3) is 0 Å². The van der Waals surface area contributed by atoms with E-state index in [4.69, 9.17) is 0 Å². The van der Waals surface area contributed by atoms with Gasteiger partial charge in [-0.05, 0) is 57.7 Å². The lowest BCUT2D eigenvalue weighted by molar-refractivity contribution is -0.0110. The van der Waals surface area contributed by atoms with Gasteiger partial charge in [0, 0.05) is 6.04 Å². The van der Waals surface area contributed by atoms with Crippen molar-refractivity contribution in [2.24, 2.45) is 0 Å². The average Bonchev–Trinajstić information content (AvgIpc) is 3.22. The number of hydrogen-bond donors (Lipinski definition) is 0. The van der Waals surface area contributed by atoms with Crippen molar-refractivity contribution in [2.75, 3.05) is 7.05 Å². The molecule has 0 N–H and O–H groups in total. The van der Waals surface area contributed by atoms with Crippen molar-refractivity contribution in [3.8, 4) is 0 Å². The summed E-state index contributed by atoms with van der Waals surface area (Å²) in [5, 5.41) is 9.01. The minimum Gasteiger partial charge on any atom is -0.279 e. The summed E-state index contributed by atoms with van der Waals surface area (Å²) < 4.78 is 2.24. The molecule has 2 aliphatic rings. The van der Waals surface area contributed by atoms with Gasteiger partial charge in [-0.2, -0.15) is 0 Å². The third-order valence-electron chi connectivity index (χ3n) is 5.93. The molecular weight excluding hydrogens is 272 g/mol. The van der Waals surface area contributed by atoms with E-state index >= 15 is 0 Å². The predicted molar refractivity (Wildman–Crippen MR) is 88.6 cm³/mol. The molecule has 2 aliphatic carbocycles. The lowest BCUT2D eigenvalue weighted by Crippen LogP contribution is -2.52. The maximum atomic E-state index is 4.59. The molecule has 0 bridgehead atoms. The summed E-state index contributed by atoms with van der Waals surface area (Å²) in [5.74, 6) is 0. The molecular formula is C18H26N4. The SMILES string of the molecule is CN(C1CCCCC1)C1(n2nnc3ccccc32)CCCC1. The highest BCUT2D eigenvalue weighted by Crippen LogP contribution is 2.42. The third-order valence-corrected chi connectivity index (χ3v) is 5.93. The van der Waals surface area contributed by atoms with Crippen LogP contribution < -0.4 is 0 Å². The number of fused-ring (bicyclic) bond motifs is 1. The Morgan fingerprint density at radius 1 is 1.05 bits per heavy atom. The maximum absolute atomic E-state index is 4.59. The standard InChI is InChI=1S/C18H26N4/c1-21(15-9-3-2-4-10-15)18(13-7-8-14-18)22-17-12-6-5-11-16(17)19-20-22/h5-6,11-12,15H,2-4,7-10,13-14H2,1H3. The van der Waals surface area contributed by atoms with Gasteiger partial charge in [-0.25, -0.2) is 4.68 Å². The topological polar surface area (TPSA) is 34.0 Å². The largest absolute Gasteiger partial charge is 0.279 e. The molecule has 2 aromatic rings. The Bertz CT molecular complexity index is 635. The van der Waals surface area contributed by atoms with Crippen LogP contribution in [0.1, 0.15) is 57.8 Å². The molecule has 0 atom stereocenters. The first-order chi connectivity index (χ1) is 10.8. The van der Waals surface area contributed by atoms with Crippen molar-refractivity contribution >= 4 is 11.0 Å². The minimum atomic E-state index is 0.0398. The van der Waals surface area contributed by atoms with Crippen LogP contribution in [0.25, 0.3) is 11.0 Å². The van der Waals surface area contributed by atoms with Gasteiger partial charge in [-0.3, -0.25) is 4.90 Å². The molecule has 1 aromatic carbocycles. The Labute approximate surface area is 132 Å². The van der Waals surface area contributed by atoms with Crippen LogP contribution in [-0.2, 0) is 5.66 Å². The molecule has 118 valence electrons. The van der Waals surface area contributed by atoms with Crippen LogP contribution in [-0.4, -0.2) is 33.0 Å². The molecule has 4 rings (SSSR count). The first-order valence-corrected chi connectivity index (χ1v) is 8.85. The molecule has 0 aliphatic heterocycles. The molecule has 2 fully saturated rings. The summed E-state index contributed by atoms with van der Waals surface area (Å²) in [6, 6.07) is 9.10. The van der Waals surface area contributed by atoms with E-state index in [-0.39, 0.29) is 5.66 Å². The Hall–Kier alpha value is -1.42. The fourth-order valence-corrected chi connectivity index (χ4v) is 4.64. The first-order valence-electron chi connectivity index (χ1n) is 8.85. The number of hydrogen-bond acceptors (Lipinski definition) is 3. The average molecular weight is 298 g/mol. The van der Waals surface area contributed by atoms with Crippen LogP contribution in [0.2, 0.25) is 0 Å². The van der Waals surface area contributed by atoms with Crippen LogP contribution in [0, 0.1) is 0 Å². The van der Waals surface area contributed by atoms with Crippen LogP contribution in [0.5, 0.6) is 0 Å². The zero-order valence-electron chi connectivity index (χ0n) is 13.5. The quantitative estimate of drug-likeness (QED) is 0.861. The van der Waals surface area contributed by atoms with Gasteiger partial charge in [-0.1, -0.05) is 36.6 Å². The lowest BCUT2D eigenvalue weighted by Gasteiger charge is -2.45. The summed E-state index contributed by atoms with van der Waals surface area (Å²) >= 11 is 0. The molecule has 0 unspecified atom stereocenters. The molecule has 0 radical (unpaired) electrons. The molecule has 2 saturated carbocycles. The van der Waals surface area contributed by atoms with E-state index in [0.29, 0.717) is 6.04 Å². The second-order valence-corrected chi connectivity index (χ2v) is 7.08. The summed E-state index contributed by atoms with van der Waals surface area (Å²) in [7, 11) is 2.33. The number of para-hydroxylation sites is 1. The molecule has 0 saturated heterocycles. The van der Waals surface area contributed by atoms with E-state index in [1.54, 1.807) is 0 Å². The van der Waals surface area contributed by atoms with Gasteiger partial charge in [0.1, 0.15) is 11.2 Å². The van der Waals surface area contributed by atoms with E-state index < -0.39 is 0 Å². The van der Waals surface area contributed by atoms with Crippen molar-refractivity contribution in [2.45, 2.75) is 69.5 Å². The molecule has 1 aromatic heterocycles. The lowest BCUT2D eigenvalue weighted by atomic mass is 9.91. The smallest absolute Gasteiger partial charge is 0.117 e. The monoisotopic (exact) mass is 298 g/mol. The molecule has 0 amide bonds. The highest BCUT2D eigenvalue weighted by Gasteiger charge is 2.44. The van der Waals surface area contributed by atoms with Crippen LogP contribution in [0.3, 0.4) is 0 Å². The van der Waals surface area contributed by atoms with Crippen molar-refractivity contribution in [1.29, 1.82) is 0 Å². The van der Waals surface area contributed by atoms with E-state index in [2.05, 4.69) is 45.1 Å². The zero-order valence-corrected chi connectivity index (χ0v) is 13.5. The van der Waals surface area contributed by atoms with Gasteiger partial charge in [0.05, 0.1) is 5.52 Å². The van der Waals surface area contributed by atoms with Crippen molar-refractivity contribution < 1.29 is 0 Å². The van der Waals surface area contributed by atoms with Crippen LogP contribution >= 0.6 is 0 Å². The summed E-state index contributed by atoms with van der Waals surface area (Å²) in [6.07, 6.45) is 11.8. The number of benzene rings is 1. The van der Waals surface area contributed by atoms with E-state index in [1.807, 2.05) is 6.07 Å². The summed E-state index contributed by atoms with van der Waals surface area (Å²) in [6.45, 7) is 0. The molecule has 22 heavy (non-hydrogen) atoms. The van der Waals surface area contributed by atoms with Crippen LogP contribution in [0.15, 0.2) is 24.3 Å². The second-order valence-electron chi connectivity index (χ2n) is 7.08. The molecule has 0 spiro atoms. The summed E-state index contributed by atoms with van der Waals surface area (Å²) in [5.41, 5.74) is 2.25. The minimum absolute atomic E-state index is 0.0398. The van der Waals surface area contributed by atoms with Crippen molar-refractivity contribution in [1.82, 2.24) is 19.9 Å². The Morgan fingerprint density at radius 3 is 2.55 bits per heavy atom. The van der Waals surface area contributed by atoms with E-state index in [1.165, 1.54) is 63.3 Å². The first kappa shape index (κ1) is 14.2. The Balaban J connectivity index is 1.76. The fourth-order valence-electron chi connectivity index (χ4n) is 4.64. The highest BCUT2D eigenvalue weighted by molar-refractivity contribution is 5.74. The van der Waals surface area contributed by atoms with Gasteiger partial charge in [0.2, 0.25) is 0 Å². The molecule has 4 nitrogen and oxygen atoms in total. The van der Waals surface area contributed by atoms with Gasteiger partial charge >= 0.3 is 0 Å². The van der Waals surface area contributed by atoms with Crippen LogP contribution in [0.4, 0.5) is 0 Å². The van der Waals surface area contributed by atoms with Gasteiger partial charge in [0.15, 0.2) is 0 Å². The highest BCUT2D eigenvalue weighted by atomic mass is 15.5. The maximum Gasteiger partial charge on any atom is 0.117 e. The normalized spacial score (nSPS) is 22.6. The zero-order chi connectivity index (χ0) is 15.0. The van der Waals surface area contributed by atoms with Crippen molar-refractivity contribution in [3.63, 3.8) is 0 Å². The number of rotatable bonds is 3. The summed E-state index contributed by atoms with van der Waals surface area (Å²) in [4.78, 5) is 2.65. The fraction of sp³-hybridized carbons (Fsp3) is 0.667. The molecule has 1 heterocycles. The Morgan fingerprint density at radius 2 is 1.77 bits per heavy atom. The number of nitrogens with zero attached hydrogens (tertiary/aromatic N) is 4. The Kier molecular flexibility index (Phi) is 3.65. The van der Waals surface area contributed by atoms with Crippen molar-refractivity contribution in [3.05, 3.63) is 24.3 Å². The predicted octanol–water partition coefficient (Wildman–Crippen LogP) is 3.92. The van der Waals surface area contributed by atoms with Gasteiger partial charge in [-0.15, -0.1) is 5.10 Å². The van der Waals surface area contributed by atoms with E-state index in [9.17, 15) is 0 Å². The van der Waals surface area contributed by atoms with Gasteiger partial charge < -0.3 is 0 Å².